The first-order chi connectivity index (χ1) is 12.7. The predicted octanol–water partition coefficient (Wildman–Crippen LogP) is 5.29. The number of carbonyl (C=O) groups excluding carboxylic acids is 1. The summed E-state index contributed by atoms with van der Waals surface area (Å²) in [5.41, 5.74) is 1.95. The highest BCUT2D eigenvalue weighted by molar-refractivity contribution is 5.93. The van der Waals surface area contributed by atoms with Gasteiger partial charge in [-0.3, -0.25) is 9.69 Å². The number of nitrogens with one attached hydrogen (secondary N) is 1. The summed E-state index contributed by atoms with van der Waals surface area (Å²) in [5.74, 6) is 0.187. The lowest BCUT2D eigenvalue weighted by Gasteiger charge is -2.19. The average molecular weight is 378 g/mol. The molecule has 0 aromatic heterocycles. The van der Waals surface area contributed by atoms with Crippen LogP contribution in [-0.4, -0.2) is 24.4 Å². The number of para-hydroxylation sites is 1. The van der Waals surface area contributed by atoms with Crippen molar-refractivity contribution >= 4 is 11.6 Å². The van der Waals surface area contributed by atoms with Crippen LogP contribution in [0.15, 0.2) is 48.5 Å². The van der Waals surface area contributed by atoms with Crippen molar-refractivity contribution in [3.8, 4) is 0 Å². The smallest absolute Gasteiger partial charge is 0.325 e. The zero-order chi connectivity index (χ0) is 20.0. The summed E-state index contributed by atoms with van der Waals surface area (Å²) in [6.45, 7) is 4.75. The Morgan fingerprint density at radius 1 is 1.11 bits per heavy atom. The molecule has 2 rings (SSSR count). The molecule has 1 N–H and O–H groups in total. The van der Waals surface area contributed by atoms with Gasteiger partial charge in [0, 0.05) is 12.2 Å². The van der Waals surface area contributed by atoms with E-state index in [-0.39, 0.29) is 12.5 Å². The van der Waals surface area contributed by atoms with E-state index in [1.807, 2.05) is 24.3 Å². The fourth-order valence-corrected chi connectivity index (χ4v) is 2.86. The molecule has 146 valence electrons. The highest BCUT2D eigenvalue weighted by atomic mass is 19.4. The third kappa shape index (κ3) is 6.10. The molecule has 3 nitrogen and oxygen atoms in total. The van der Waals surface area contributed by atoms with Gasteiger partial charge >= 0.3 is 6.18 Å². The van der Waals surface area contributed by atoms with Crippen LogP contribution in [0.4, 0.5) is 18.9 Å². The number of carbonyl (C=O) groups is 1. The number of rotatable bonds is 7. The maximum Gasteiger partial charge on any atom is 0.416 e. The van der Waals surface area contributed by atoms with E-state index in [2.05, 4.69) is 19.2 Å². The summed E-state index contributed by atoms with van der Waals surface area (Å²) < 4.78 is 37.8. The van der Waals surface area contributed by atoms with E-state index < -0.39 is 11.7 Å². The van der Waals surface area contributed by atoms with Crippen LogP contribution in [-0.2, 0) is 17.5 Å². The number of benzene rings is 2. The van der Waals surface area contributed by atoms with E-state index in [1.165, 1.54) is 12.1 Å². The third-order valence-corrected chi connectivity index (χ3v) is 4.53. The molecule has 0 aliphatic heterocycles. The molecule has 2 aromatic rings. The van der Waals surface area contributed by atoms with Gasteiger partial charge < -0.3 is 5.32 Å². The number of amides is 1. The Hall–Kier alpha value is -2.34. The van der Waals surface area contributed by atoms with Crippen molar-refractivity contribution in [3.05, 3.63) is 65.2 Å². The number of nitrogens with zero attached hydrogens (tertiary/aromatic N) is 1. The summed E-state index contributed by atoms with van der Waals surface area (Å²) in [6, 6.07) is 12.7. The van der Waals surface area contributed by atoms with Crippen LogP contribution in [0.3, 0.4) is 0 Å². The van der Waals surface area contributed by atoms with Gasteiger partial charge in [-0.05, 0) is 48.7 Å². The van der Waals surface area contributed by atoms with Gasteiger partial charge in [-0.2, -0.15) is 13.2 Å². The van der Waals surface area contributed by atoms with Crippen molar-refractivity contribution < 1.29 is 18.0 Å². The number of anilines is 1. The summed E-state index contributed by atoms with van der Waals surface area (Å²) in [6.07, 6.45) is -3.37. The second-order valence-electron chi connectivity index (χ2n) is 6.81. The van der Waals surface area contributed by atoms with Crippen molar-refractivity contribution in [1.82, 2.24) is 4.90 Å². The highest BCUT2D eigenvalue weighted by Crippen LogP contribution is 2.29. The van der Waals surface area contributed by atoms with Crippen LogP contribution in [0.25, 0.3) is 0 Å². The molecular formula is C21H25F3N2O. The maximum absolute atomic E-state index is 12.6. The number of hydrogen-bond acceptors (Lipinski definition) is 2. The molecule has 0 heterocycles. The van der Waals surface area contributed by atoms with E-state index in [0.29, 0.717) is 12.5 Å². The monoisotopic (exact) mass is 378 g/mol. The average Bonchev–Trinajstić information content (AvgIpc) is 2.61. The molecule has 0 radical (unpaired) electrons. The van der Waals surface area contributed by atoms with E-state index >= 15 is 0 Å². The van der Waals surface area contributed by atoms with Crippen molar-refractivity contribution in [1.29, 1.82) is 0 Å². The first-order valence-corrected chi connectivity index (χ1v) is 8.94. The van der Waals surface area contributed by atoms with Gasteiger partial charge in [0.15, 0.2) is 0 Å². The van der Waals surface area contributed by atoms with Gasteiger partial charge in [-0.1, -0.05) is 44.2 Å². The predicted molar refractivity (Wildman–Crippen MR) is 102 cm³/mol. The lowest BCUT2D eigenvalue weighted by atomic mass is 9.97. The molecule has 1 atom stereocenters. The van der Waals surface area contributed by atoms with Crippen LogP contribution >= 0.6 is 0 Å². The van der Waals surface area contributed by atoms with Crippen LogP contribution in [0.2, 0.25) is 0 Å². The minimum atomic E-state index is -4.34. The molecule has 0 aliphatic rings. The Balaban J connectivity index is 1.94. The minimum absolute atomic E-state index is 0.149. The third-order valence-electron chi connectivity index (χ3n) is 4.53. The summed E-state index contributed by atoms with van der Waals surface area (Å²) >= 11 is 0. The number of halogens is 3. The van der Waals surface area contributed by atoms with Crippen molar-refractivity contribution in [2.45, 2.75) is 38.9 Å². The number of hydrogen-bond donors (Lipinski definition) is 1. The lowest BCUT2D eigenvalue weighted by molar-refractivity contribution is -0.137. The molecule has 0 aliphatic carbocycles. The van der Waals surface area contributed by atoms with Gasteiger partial charge in [0.1, 0.15) is 0 Å². The SMILES string of the molecule is CC[C@H](C)c1ccccc1NC(=O)CN(C)Cc1ccc(C(F)(F)F)cc1. The van der Waals surface area contributed by atoms with Crippen molar-refractivity contribution in [2.75, 3.05) is 18.9 Å². The number of alkyl halides is 3. The first-order valence-electron chi connectivity index (χ1n) is 8.94. The molecule has 6 heteroatoms. The number of likely N-dealkylation sites (N-methyl/N-ethyl adjacent to an activating group) is 1. The van der Waals surface area contributed by atoms with Crippen LogP contribution in [0.5, 0.6) is 0 Å². The van der Waals surface area contributed by atoms with Gasteiger partial charge in [-0.15, -0.1) is 0 Å². The van der Waals surface area contributed by atoms with Crippen molar-refractivity contribution in [2.24, 2.45) is 0 Å². The Labute approximate surface area is 158 Å². The molecule has 2 aromatic carbocycles. The van der Waals surface area contributed by atoms with Crippen LogP contribution in [0.1, 0.15) is 42.9 Å². The summed E-state index contributed by atoms with van der Waals surface area (Å²) in [5, 5.41) is 2.94. The second kappa shape index (κ2) is 9.04. The normalized spacial score (nSPS) is 12.9. The standard InChI is InChI=1S/C21H25F3N2O/c1-4-15(2)18-7-5-6-8-19(18)25-20(27)14-26(3)13-16-9-11-17(12-10-16)21(22,23)24/h5-12,15H,4,13-14H2,1-3H3,(H,25,27)/t15-/m0/s1. The molecule has 27 heavy (non-hydrogen) atoms. The van der Waals surface area contributed by atoms with Gasteiger partial charge in [0.25, 0.3) is 0 Å². The van der Waals surface area contributed by atoms with Gasteiger partial charge in [0.05, 0.1) is 12.1 Å². The fourth-order valence-electron chi connectivity index (χ4n) is 2.86. The molecule has 0 spiro atoms. The van der Waals surface area contributed by atoms with E-state index in [1.54, 1.807) is 11.9 Å². The largest absolute Gasteiger partial charge is 0.416 e. The fraction of sp³-hybridized carbons (Fsp3) is 0.381. The van der Waals surface area contributed by atoms with Gasteiger partial charge in [0.2, 0.25) is 5.91 Å². The minimum Gasteiger partial charge on any atom is -0.325 e. The topological polar surface area (TPSA) is 32.3 Å². The Morgan fingerprint density at radius 3 is 2.33 bits per heavy atom. The zero-order valence-corrected chi connectivity index (χ0v) is 15.8. The quantitative estimate of drug-likeness (QED) is 0.710. The van der Waals surface area contributed by atoms with Crippen LogP contribution < -0.4 is 5.32 Å². The van der Waals surface area contributed by atoms with E-state index in [0.717, 1.165) is 35.4 Å². The van der Waals surface area contributed by atoms with Gasteiger partial charge in [-0.25, -0.2) is 0 Å². The molecule has 0 unspecified atom stereocenters. The van der Waals surface area contributed by atoms with Crippen molar-refractivity contribution in [3.63, 3.8) is 0 Å². The maximum atomic E-state index is 12.6. The second-order valence-corrected chi connectivity index (χ2v) is 6.81. The Bertz CT molecular complexity index is 757. The molecule has 0 fully saturated rings. The zero-order valence-electron chi connectivity index (χ0n) is 15.8. The highest BCUT2D eigenvalue weighted by Gasteiger charge is 2.29. The molecule has 1 amide bonds. The van der Waals surface area contributed by atoms with E-state index in [9.17, 15) is 18.0 Å². The van der Waals surface area contributed by atoms with Crippen LogP contribution in [0, 0.1) is 0 Å². The Kier molecular flexibility index (Phi) is 7.02. The molecule has 0 saturated carbocycles. The van der Waals surface area contributed by atoms with E-state index in [4.69, 9.17) is 0 Å². The lowest BCUT2D eigenvalue weighted by Crippen LogP contribution is -2.30. The molecule has 0 saturated heterocycles. The molecule has 0 bridgehead atoms. The summed E-state index contributed by atoms with van der Waals surface area (Å²) in [4.78, 5) is 14.1. The first kappa shape index (κ1) is 21.0. The Morgan fingerprint density at radius 2 is 1.74 bits per heavy atom. The summed E-state index contributed by atoms with van der Waals surface area (Å²) in [7, 11) is 1.76. The molecular weight excluding hydrogens is 353 g/mol.